The van der Waals surface area contributed by atoms with Crippen LogP contribution in [0.25, 0.3) is 0 Å². The number of methoxy groups -OCH3 is 1. The van der Waals surface area contributed by atoms with Crippen molar-refractivity contribution in [3.8, 4) is 6.07 Å². The van der Waals surface area contributed by atoms with Crippen LogP contribution in [0.1, 0.15) is 25.0 Å². The number of anilines is 2. The van der Waals surface area contributed by atoms with Crippen molar-refractivity contribution in [2.45, 2.75) is 20.5 Å². The van der Waals surface area contributed by atoms with Gasteiger partial charge in [0.15, 0.2) is 0 Å². The summed E-state index contributed by atoms with van der Waals surface area (Å²) < 4.78 is 4.93. The minimum absolute atomic E-state index is 0.222. The Morgan fingerprint density at radius 2 is 1.42 bits per heavy atom. The molecule has 0 aromatic heterocycles. The Kier molecular flexibility index (Phi) is 16.6. The van der Waals surface area contributed by atoms with E-state index in [1.54, 1.807) is 31.4 Å². The molecule has 0 aliphatic carbocycles. The van der Waals surface area contributed by atoms with Gasteiger partial charge in [-0.25, -0.2) is 0 Å². The van der Waals surface area contributed by atoms with Gasteiger partial charge in [-0.05, 0) is 53.6 Å². The van der Waals surface area contributed by atoms with Crippen molar-refractivity contribution >= 4 is 28.7 Å². The highest BCUT2D eigenvalue weighted by Crippen LogP contribution is 2.05. The van der Waals surface area contributed by atoms with Crippen LogP contribution in [0.5, 0.6) is 0 Å². The molecule has 0 spiro atoms. The molecule has 2 aromatic rings. The highest BCUT2D eigenvalue weighted by molar-refractivity contribution is 6.54. The second kappa shape index (κ2) is 16.8. The summed E-state index contributed by atoms with van der Waals surface area (Å²) in [6.45, 7) is 4.65. The molecule has 2 rings (SSSR count). The number of ether oxygens (including phenoxy) is 1. The summed E-state index contributed by atoms with van der Waals surface area (Å²) in [5, 5.41) is 8.34. The predicted octanol–water partition coefficient (Wildman–Crippen LogP) is 4.00. The molecule has 5 nitrogen and oxygen atoms in total. The molecule has 0 aliphatic rings. The van der Waals surface area contributed by atoms with Gasteiger partial charge < -0.3 is 16.2 Å². The normalized spacial score (nSPS) is 7.96. The summed E-state index contributed by atoms with van der Waals surface area (Å²) in [7, 11) is 1.68. The third-order valence-corrected chi connectivity index (χ3v) is 2.33. The molecule has 0 aliphatic heterocycles. The molecular weight excluding hydrogens is 326 g/mol. The molecule has 2 aromatic carbocycles. The number of benzene rings is 2. The molecule has 4 N–H and O–H groups in total. The van der Waals surface area contributed by atoms with Crippen LogP contribution in [-0.2, 0) is 16.1 Å². The fourth-order valence-corrected chi connectivity index (χ4v) is 1.34. The van der Waals surface area contributed by atoms with Crippen LogP contribution in [0.4, 0.5) is 11.4 Å². The Morgan fingerprint density at radius 1 is 1.04 bits per heavy atom. The Bertz CT molecular complexity index is 579. The lowest BCUT2D eigenvalue weighted by Gasteiger charge is -1.98. The summed E-state index contributed by atoms with van der Waals surface area (Å²) in [6.07, 6.45) is 0. The van der Waals surface area contributed by atoms with Crippen LogP contribution in [0.2, 0.25) is 0 Å². The number of nitrogen functional groups attached to an aromatic ring is 2. The van der Waals surface area contributed by atoms with E-state index in [9.17, 15) is 0 Å². The number of nitriles is 1. The molecule has 24 heavy (non-hydrogen) atoms. The summed E-state index contributed by atoms with van der Waals surface area (Å²) in [4.78, 5) is 8.57. The number of nitrogens with two attached hydrogens (primary N) is 2. The van der Waals surface area contributed by atoms with Crippen molar-refractivity contribution in [1.29, 1.82) is 5.26 Å². The van der Waals surface area contributed by atoms with Gasteiger partial charge in [0, 0.05) is 18.5 Å². The van der Waals surface area contributed by atoms with Gasteiger partial charge in [0.05, 0.1) is 18.2 Å². The van der Waals surface area contributed by atoms with E-state index in [2.05, 4.69) is 11.6 Å². The first kappa shape index (κ1) is 23.7. The van der Waals surface area contributed by atoms with Crippen LogP contribution in [0.15, 0.2) is 48.5 Å². The summed E-state index contributed by atoms with van der Waals surface area (Å²) >= 11 is 4.32. The second-order valence-electron chi connectivity index (χ2n) is 4.00. The lowest BCUT2D eigenvalue weighted by atomic mass is 10.2. The summed E-state index contributed by atoms with van der Waals surface area (Å²) in [6, 6.07) is 16.4. The molecule has 0 heterocycles. The zero-order chi connectivity index (χ0) is 18.8. The smallest absolute Gasteiger partial charge is 0.208 e. The molecule has 0 bridgehead atoms. The van der Waals surface area contributed by atoms with Crippen LogP contribution in [0.3, 0.4) is 0 Å². The van der Waals surface area contributed by atoms with Crippen molar-refractivity contribution in [3.05, 3.63) is 59.7 Å². The average Bonchev–Trinajstić information content (AvgIpc) is 2.61. The molecule has 130 valence electrons. The average molecular weight is 350 g/mol. The summed E-state index contributed by atoms with van der Waals surface area (Å²) in [5.41, 5.74) is 14.1. The van der Waals surface area contributed by atoms with E-state index in [0.29, 0.717) is 17.9 Å². The number of carbonyl (C=O) groups excluding carboxylic acids is 1. The molecule has 0 saturated heterocycles. The van der Waals surface area contributed by atoms with Crippen molar-refractivity contribution in [3.63, 3.8) is 0 Å². The lowest BCUT2D eigenvalue weighted by Crippen LogP contribution is -1.88. The largest absolute Gasteiger partial charge is 0.399 e. The Hall–Kier alpha value is -2.55. The third kappa shape index (κ3) is 13.1. The monoisotopic (exact) mass is 349 g/mol. The topological polar surface area (TPSA) is 102 Å². The molecule has 0 fully saturated rings. The lowest BCUT2D eigenvalue weighted by molar-refractivity contribution is 0.185. The Morgan fingerprint density at radius 3 is 1.75 bits per heavy atom. The molecule has 0 unspecified atom stereocenters. The number of halogens is 1. The van der Waals surface area contributed by atoms with E-state index in [4.69, 9.17) is 26.3 Å². The Balaban J connectivity index is 0. The van der Waals surface area contributed by atoms with Crippen molar-refractivity contribution in [2.75, 3.05) is 18.6 Å². The standard InChI is InChI=1S/C8H11NO.C7H6N2.C2H6.CHClO/c1-10-6-7-2-4-8(9)5-3-7;8-5-6-1-3-7(9)4-2-6;1-2;2-1-3/h2-5H,6,9H2,1H3;1-4H,9H2;1-2H3;1H. The van der Waals surface area contributed by atoms with Gasteiger partial charge in [0.2, 0.25) is 5.75 Å². The number of rotatable bonds is 2. The van der Waals surface area contributed by atoms with Gasteiger partial charge in [-0.2, -0.15) is 5.26 Å². The van der Waals surface area contributed by atoms with E-state index >= 15 is 0 Å². The van der Waals surface area contributed by atoms with Gasteiger partial charge in [0.1, 0.15) is 0 Å². The van der Waals surface area contributed by atoms with Gasteiger partial charge in [0.25, 0.3) is 0 Å². The highest BCUT2D eigenvalue weighted by atomic mass is 35.5. The SMILES string of the molecule is CC.COCc1ccc(N)cc1.N#Cc1ccc(N)cc1.O=CCl. The quantitative estimate of drug-likeness (QED) is 0.484. The minimum atomic E-state index is 0.222. The van der Waals surface area contributed by atoms with Crippen molar-refractivity contribution in [1.82, 2.24) is 0 Å². The van der Waals surface area contributed by atoms with E-state index in [1.807, 2.05) is 44.2 Å². The maximum atomic E-state index is 8.57. The van der Waals surface area contributed by atoms with Crippen LogP contribution in [0, 0.1) is 11.3 Å². The Labute approximate surface area is 148 Å². The van der Waals surface area contributed by atoms with E-state index in [1.165, 1.54) is 0 Å². The molecule has 0 atom stereocenters. The molecule has 6 heteroatoms. The van der Waals surface area contributed by atoms with Crippen molar-refractivity contribution in [2.24, 2.45) is 0 Å². The zero-order valence-electron chi connectivity index (χ0n) is 14.2. The molecule has 0 radical (unpaired) electrons. The third-order valence-electron chi connectivity index (χ3n) is 2.33. The molecule has 0 saturated carbocycles. The van der Waals surface area contributed by atoms with Gasteiger partial charge >= 0.3 is 0 Å². The summed E-state index contributed by atoms with van der Waals surface area (Å²) in [5.74, 6) is 0.222. The first-order valence-electron chi connectivity index (χ1n) is 7.20. The van der Waals surface area contributed by atoms with Gasteiger partial charge in [-0.1, -0.05) is 26.0 Å². The van der Waals surface area contributed by atoms with E-state index in [-0.39, 0.29) is 5.75 Å². The van der Waals surface area contributed by atoms with E-state index in [0.717, 1.165) is 11.3 Å². The number of hydrogen-bond donors (Lipinski definition) is 2. The van der Waals surface area contributed by atoms with Crippen molar-refractivity contribution < 1.29 is 9.53 Å². The maximum absolute atomic E-state index is 8.57. The van der Waals surface area contributed by atoms with Crippen LogP contribution >= 0.6 is 11.6 Å². The first-order chi connectivity index (χ1) is 11.6. The fraction of sp³-hybridized carbons (Fsp3) is 0.222. The zero-order valence-corrected chi connectivity index (χ0v) is 15.0. The molecule has 0 amide bonds. The number of carbonyl (C=O) groups is 1. The van der Waals surface area contributed by atoms with E-state index < -0.39 is 0 Å². The fourth-order valence-electron chi connectivity index (χ4n) is 1.34. The van der Waals surface area contributed by atoms with Crippen LogP contribution in [-0.4, -0.2) is 12.9 Å². The molecular formula is C18H24ClN3O2. The first-order valence-corrected chi connectivity index (χ1v) is 7.63. The maximum Gasteiger partial charge on any atom is 0.208 e. The van der Waals surface area contributed by atoms with Crippen LogP contribution < -0.4 is 11.5 Å². The number of nitrogens with zero attached hydrogens (tertiary/aromatic N) is 1. The highest BCUT2D eigenvalue weighted by Gasteiger charge is 1.88. The predicted molar refractivity (Wildman–Crippen MR) is 101 cm³/mol. The second-order valence-corrected chi connectivity index (χ2v) is 4.18. The van der Waals surface area contributed by atoms with Gasteiger partial charge in [-0.15, -0.1) is 0 Å². The minimum Gasteiger partial charge on any atom is -0.399 e. The van der Waals surface area contributed by atoms with Gasteiger partial charge in [-0.3, -0.25) is 4.79 Å². The number of hydrogen-bond acceptors (Lipinski definition) is 5.